The monoisotopic (exact) mass is 271 g/mol. The molecule has 1 unspecified atom stereocenters. The van der Waals surface area contributed by atoms with E-state index in [1.54, 1.807) is 12.4 Å². The molecule has 0 amide bonds. The van der Waals surface area contributed by atoms with Gasteiger partial charge in [-0.1, -0.05) is 13.8 Å². The summed E-state index contributed by atoms with van der Waals surface area (Å²) in [6, 6.07) is 0.464. The summed E-state index contributed by atoms with van der Waals surface area (Å²) in [5.74, 6) is 1.48. The Hall–Kier alpha value is -0.640. The lowest BCUT2D eigenvalue weighted by molar-refractivity contribution is 0.499. The molecule has 4 heteroatoms. The Balaban J connectivity index is 2.67. The summed E-state index contributed by atoms with van der Waals surface area (Å²) >= 11 is 3.33. The third-order valence-electron chi connectivity index (χ3n) is 2.40. The Morgan fingerprint density at radius 2 is 1.80 bits per heavy atom. The van der Waals surface area contributed by atoms with Gasteiger partial charge in [-0.2, -0.15) is 0 Å². The summed E-state index contributed by atoms with van der Waals surface area (Å²) in [6.07, 6.45) is 4.71. The van der Waals surface area contributed by atoms with Crippen LogP contribution in [0.1, 0.15) is 27.2 Å². The van der Waals surface area contributed by atoms with E-state index in [-0.39, 0.29) is 0 Å². The van der Waals surface area contributed by atoms with E-state index in [9.17, 15) is 0 Å². The Morgan fingerprint density at radius 1 is 1.27 bits per heavy atom. The molecule has 1 aromatic rings. The van der Waals surface area contributed by atoms with Gasteiger partial charge in [-0.05, 0) is 35.2 Å². The van der Waals surface area contributed by atoms with Gasteiger partial charge in [0.05, 0.1) is 4.47 Å². The van der Waals surface area contributed by atoms with Crippen molar-refractivity contribution in [3.8, 4) is 0 Å². The van der Waals surface area contributed by atoms with Crippen molar-refractivity contribution < 1.29 is 0 Å². The highest BCUT2D eigenvalue weighted by Gasteiger charge is 2.13. The van der Waals surface area contributed by atoms with Gasteiger partial charge in [-0.3, -0.25) is 0 Å². The summed E-state index contributed by atoms with van der Waals surface area (Å²) in [5.41, 5.74) is 0. The first kappa shape index (κ1) is 12.4. The van der Waals surface area contributed by atoms with Crippen LogP contribution in [0, 0.1) is 5.92 Å². The van der Waals surface area contributed by atoms with Crippen LogP contribution in [0.2, 0.25) is 0 Å². The van der Waals surface area contributed by atoms with E-state index < -0.39 is 0 Å². The molecule has 84 valence electrons. The fourth-order valence-electron chi connectivity index (χ4n) is 1.53. The van der Waals surface area contributed by atoms with Crippen molar-refractivity contribution >= 4 is 21.9 Å². The van der Waals surface area contributed by atoms with Gasteiger partial charge in [-0.15, -0.1) is 0 Å². The molecule has 0 aliphatic heterocycles. The van der Waals surface area contributed by atoms with Crippen molar-refractivity contribution in [3.63, 3.8) is 0 Å². The summed E-state index contributed by atoms with van der Waals surface area (Å²) < 4.78 is 0.913. The van der Waals surface area contributed by atoms with Gasteiger partial charge >= 0.3 is 0 Å². The zero-order chi connectivity index (χ0) is 11.4. The number of rotatable bonds is 4. The molecule has 1 heterocycles. The Kier molecular flexibility index (Phi) is 4.51. The third kappa shape index (κ3) is 3.78. The number of hydrogen-bond donors (Lipinski definition) is 0. The SMILES string of the molecule is CC(C)CC(C)N(C)c1ncc(Br)cn1. The van der Waals surface area contributed by atoms with Crippen LogP contribution < -0.4 is 4.90 Å². The van der Waals surface area contributed by atoms with Crippen LogP contribution in [0.4, 0.5) is 5.95 Å². The topological polar surface area (TPSA) is 29.0 Å². The molecule has 0 saturated carbocycles. The lowest BCUT2D eigenvalue weighted by Crippen LogP contribution is -2.31. The van der Waals surface area contributed by atoms with E-state index in [4.69, 9.17) is 0 Å². The normalized spacial score (nSPS) is 12.9. The smallest absolute Gasteiger partial charge is 0.225 e. The number of aromatic nitrogens is 2. The van der Waals surface area contributed by atoms with Gasteiger partial charge in [-0.25, -0.2) is 9.97 Å². The minimum Gasteiger partial charge on any atom is -0.341 e. The van der Waals surface area contributed by atoms with Crippen molar-refractivity contribution in [2.45, 2.75) is 33.2 Å². The number of anilines is 1. The average molecular weight is 272 g/mol. The second-order valence-corrected chi connectivity index (χ2v) is 5.21. The van der Waals surface area contributed by atoms with Gasteiger partial charge < -0.3 is 4.90 Å². The molecular formula is C11H18BrN3. The molecule has 0 aliphatic rings. The quantitative estimate of drug-likeness (QED) is 0.843. The number of hydrogen-bond acceptors (Lipinski definition) is 3. The molecular weight excluding hydrogens is 254 g/mol. The molecule has 1 rings (SSSR count). The summed E-state index contributed by atoms with van der Waals surface area (Å²) in [7, 11) is 2.04. The highest BCUT2D eigenvalue weighted by molar-refractivity contribution is 9.10. The van der Waals surface area contributed by atoms with E-state index in [2.05, 4.69) is 51.6 Å². The molecule has 0 aliphatic carbocycles. The standard InChI is InChI=1S/C11H18BrN3/c1-8(2)5-9(3)15(4)11-13-6-10(12)7-14-11/h6-9H,5H2,1-4H3. The number of halogens is 1. The minimum atomic E-state index is 0.464. The van der Waals surface area contributed by atoms with Crippen LogP contribution in [0.5, 0.6) is 0 Å². The van der Waals surface area contributed by atoms with Crippen molar-refractivity contribution in [3.05, 3.63) is 16.9 Å². The molecule has 1 atom stereocenters. The summed E-state index contributed by atoms with van der Waals surface area (Å²) in [5, 5.41) is 0. The molecule has 1 aromatic heterocycles. The van der Waals surface area contributed by atoms with E-state index in [1.807, 2.05) is 7.05 Å². The number of nitrogens with zero attached hydrogens (tertiary/aromatic N) is 3. The van der Waals surface area contributed by atoms with Crippen LogP contribution in [-0.4, -0.2) is 23.1 Å². The molecule has 0 radical (unpaired) electrons. The largest absolute Gasteiger partial charge is 0.341 e. The van der Waals surface area contributed by atoms with Gasteiger partial charge in [0.1, 0.15) is 0 Å². The Morgan fingerprint density at radius 3 is 2.27 bits per heavy atom. The van der Waals surface area contributed by atoms with Crippen molar-refractivity contribution in [2.75, 3.05) is 11.9 Å². The average Bonchev–Trinajstić information content (AvgIpc) is 2.17. The maximum Gasteiger partial charge on any atom is 0.225 e. The van der Waals surface area contributed by atoms with E-state index in [1.165, 1.54) is 0 Å². The van der Waals surface area contributed by atoms with Crippen LogP contribution in [0.15, 0.2) is 16.9 Å². The Labute approximate surface area is 100 Å². The molecule has 0 bridgehead atoms. The van der Waals surface area contributed by atoms with Gasteiger partial charge in [0.15, 0.2) is 0 Å². The van der Waals surface area contributed by atoms with E-state index in [0.717, 1.165) is 16.8 Å². The maximum atomic E-state index is 4.27. The second kappa shape index (κ2) is 5.45. The molecule has 0 aromatic carbocycles. The molecule has 0 spiro atoms. The first-order valence-corrected chi connectivity index (χ1v) is 6.00. The van der Waals surface area contributed by atoms with Crippen LogP contribution in [0.25, 0.3) is 0 Å². The third-order valence-corrected chi connectivity index (χ3v) is 2.81. The van der Waals surface area contributed by atoms with Gasteiger partial charge in [0.25, 0.3) is 0 Å². The van der Waals surface area contributed by atoms with Crippen molar-refractivity contribution in [2.24, 2.45) is 5.92 Å². The zero-order valence-corrected chi connectivity index (χ0v) is 11.3. The second-order valence-electron chi connectivity index (χ2n) is 4.29. The van der Waals surface area contributed by atoms with Gasteiger partial charge in [0, 0.05) is 25.5 Å². The predicted octanol–water partition coefficient (Wildman–Crippen LogP) is 3.11. The molecule has 15 heavy (non-hydrogen) atoms. The molecule has 3 nitrogen and oxygen atoms in total. The summed E-state index contributed by atoms with van der Waals surface area (Å²) in [6.45, 7) is 6.66. The highest BCUT2D eigenvalue weighted by Crippen LogP contribution is 2.15. The van der Waals surface area contributed by atoms with Crippen molar-refractivity contribution in [1.29, 1.82) is 0 Å². The molecule has 0 fully saturated rings. The van der Waals surface area contributed by atoms with Crippen molar-refractivity contribution in [1.82, 2.24) is 9.97 Å². The molecule has 0 N–H and O–H groups in total. The lowest BCUT2D eigenvalue weighted by Gasteiger charge is -2.26. The predicted molar refractivity (Wildman–Crippen MR) is 67.1 cm³/mol. The van der Waals surface area contributed by atoms with Crippen LogP contribution in [-0.2, 0) is 0 Å². The zero-order valence-electron chi connectivity index (χ0n) is 9.74. The first-order chi connectivity index (χ1) is 7.00. The van der Waals surface area contributed by atoms with Gasteiger partial charge in [0.2, 0.25) is 5.95 Å². The van der Waals surface area contributed by atoms with Crippen LogP contribution in [0.3, 0.4) is 0 Å². The Bertz CT molecular complexity index is 297. The first-order valence-electron chi connectivity index (χ1n) is 5.21. The van der Waals surface area contributed by atoms with E-state index in [0.29, 0.717) is 12.0 Å². The lowest BCUT2D eigenvalue weighted by atomic mass is 10.0. The molecule has 0 saturated heterocycles. The fraction of sp³-hybridized carbons (Fsp3) is 0.636. The minimum absolute atomic E-state index is 0.464. The highest BCUT2D eigenvalue weighted by atomic mass is 79.9. The van der Waals surface area contributed by atoms with Crippen LogP contribution >= 0.6 is 15.9 Å². The van der Waals surface area contributed by atoms with E-state index >= 15 is 0 Å². The summed E-state index contributed by atoms with van der Waals surface area (Å²) in [4.78, 5) is 10.7. The maximum absolute atomic E-state index is 4.27. The fourth-order valence-corrected chi connectivity index (χ4v) is 1.73.